The van der Waals surface area contributed by atoms with Gasteiger partial charge in [0, 0.05) is 67.6 Å². The van der Waals surface area contributed by atoms with E-state index in [1.54, 1.807) is 55.1 Å². The topological polar surface area (TPSA) is 253 Å². The number of aryl methyl sites for hydroxylation is 6. The Morgan fingerprint density at radius 2 is 0.986 bits per heavy atom. The van der Waals surface area contributed by atoms with Crippen molar-refractivity contribution in [3.05, 3.63) is 99.4 Å². The average Bonchev–Trinajstić information content (AvgIpc) is 4.02. The van der Waals surface area contributed by atoms with Gasteiger partial charge in [0.2, 0.25) is 15.0 Å². The second kappa shape index (κ2) is 22.4. The highest BCUT2D eigenvalue weighted by atomic mass is 32.2. The fraction of sp³-hybridized carbons (Fsp3) is 0.388. The summed E-state index contributed by atoms with van der Waals surface area (Å²) in [6, 6.07) is 10.4. The zero-order chi connectivity index (χ0) is 50.6. The van der Waals surface area contributed by atoms with Gasteiger partial charge in [0.15, 0.2) is 22.2 Å². The summed E-state index contributed by atoms with van der Waals surface area (Å²) in [6.07, 6.45) is 10.5. The number of esters is 3. The van der Waals surface area contributed by atoms with Gasteiger partial charge in [-0.3, -0.25) is 14.0 Å². The number of carbonyl (C=O) groups is 3. The molecule has 72 heavy (non-hydrogen) atoms. The minimum atomic E-state index is -3.51. The zero-order valence-corrected chi connectivity index (χ0v) is 42.2. The number of aromatic nitrogens is 12. The summed E-state index contributed by atoms with van der Waals surface area (Å²) in [5.74, 6) is -1.24. The van der Waals surface area contributed by atoms with Gasteiger partial charge in [-0.2, -0.15) is 20.3 Å². The van der Waals surface area contributed by atoms with Crippen LogP contribution in [0.25, 0.3) is 34.2 Å². The van der Waals surface area contributed by atoms with Crippen LogP contribution in [0, 0.1) is 0 Å². The van der Waals surface area contributed by atoms with Crippen LogP contribution in [0.1, 0.15) is 100.0 Å². The summed E-state index contributed by atoms with van der Waals surface area (Å²) >= 11 is 1.52. The Kier molecular flexibility index (Phi) is 16.3. The molecule has 0 amide bonds. The van der Waals surface area contributed by atoms with Gasteiger partial charge in [0.1, 0.15) is 0 Å². The van der Waals surface area contributed by atoms with Crippen LogP contribution in [-0.4, -0.2) is 118 Å². The van der Waals surface area contributed by atoms with E-state index in [-0.39, 0.29) is 36.8 Å². The van der Waals surface area contributed by atoms with Gasteiger partial charge in [-0.1, -0.05) is 25.6 Å². The Hall–Kier alpha value is -7.40. The molecule has 6 aromatic heterocycles. The number of fused-ring (bicyclic) bond motifs is 9. The minimum Gasteiger partial charge on any atom is -0.464 e. The van der Waals surface area contributed by atoms with Crippen molar-refractivity contribution in [2.75, 3.05) is 32.7 Å². The standard InChI is InChI=1S/C19H18N4O2S.C15H18N4O3.C14H16N4O4S.CH4/c1-3-25-18(24)16-14-10-9-12-11-20-19(26-13-7-5-4-6-8-13)21-15(12)17(14)23(2)22-16;1-4-21-14(20)12-10-7-6-9-8-16-15(22-5-2)17-11(9)13(10)19(3)18-12;1-4-22-13(19)11-9-6-5-8-7-15-14(23(3,20)21)16-10(8)12(9)18(2)17-11;/h4-8,11H,3,9-10H2,1-2H3;8H,4-7H2,1-3H3;7H,4-6H2,1-3H3;1H4. The van der Waals surface area contributed by atoms with Crippen molar-refractivity contribution in [1.82, 2.24) is 59.2 Å². The number of nitrogens with zero attached hydrogens (tertiary/aromatic N) is 12. The average molecular weight is 1020 g/mol. The number of carbonyl (C=O) groups excluding carboxylic acids is 3. The number of benzene rings is 1. The lowest BCUT2D eigenvalue weighted by Crippen LogP contribution is -2.14. The van der Waals surface area contributed by atoms with Crippen molar-refractivity contribution in [3.8, 4) is 40.2 Å². The molecule has 0 unspecified atom stereocenters. The maximum Gasteiger partial charge on any atom is 0.359 e. The first-order chi connectivity index (χ1) is 34.1. The van der Waals surface area contributed by atoms with Gasteiger partial charge in [-0.15, -0.1) is 0 Å². The fourth-order valence-corrected chi connectivity index (χ4v) is 9.78. The molecule has 0 N–H and O–H groups in total. The predicted molar refractivity (Wildman–Crippen MR) is 264 cm³/mol. The molecule has 0 atom stereocenters. The number of rotatable bonds is 11. The van der Waals surface area contributed by atoms with E-state index in [1.165, 1.54) is 18.0 Å². The third-order valence-corrected chi connectivity index (χ3v) is 13.3. The van der Waals surface area contributed by atoms with Crippen LogP contribution in [0.5, 0.6) is 6.01 Å². The molecule has 0 radical (unpaired) electrons. The molecule has 0 aliphatic heterocycles. The van der Waals surface area contributed by atoms with Crippen molar-refractivity contribution in [3.63, 3.8) is 0 Å². The smallest absolute Gasteiger partial charge is 0.359 e. The Morgan fingerprint density at radius 1 is 0.569 bits per heavy atom. The van der Waals surface area contributed by atoms with Gasteiger partial charge >= 0.3 is 23.9 Å². The van der Waals surface area contributed by atoms with E-state index in [1.807, 2.05) is 50.5 Å². The quantitative estimate of drug-likeness (QED) is 0.0812. The van der Waals surface area contributed by atoms with Gasteiger partial charge in [0.05, 0.1) is 60.6 Å². The summed E-state index contributed by atoms with van der Waals surface area (Å²) in [4.78, 5) is 63.4. The summed E-state index contributed by atoms with van der Waals surface area (Å²) < 4.78 is 49.0. The van der Waals surface area contributed by atoms with Crippen molar-refractivity contribution in [2.24, 2.45) is 21.1 Å². The first-order valence-corrected chi connectivity index (χ1v) is 25.7. The van der Waals surface area contributed by atoms with Crippen LogP contribution in [0.3, 0.4) is 0 Å². The second-order valence-electron chi connectivity index (χ2n) is 16.3. The highest BCUT2D eigenvalue weighted by Gasteiger charge is 2.33. The molecule has 1 aromatic carbocycles. The Morgan fingerprint density at radius 3 is 1.42 bits per heavy atom. The maximum absolute atomic E-state index is 12.2. The van der Waals surface area contributed by atoms with Gasteiger partial charge in [-0.05, 0) is 107 Å². The molecule has 3 aliphatic carbocycles. The predicted octanol–water partition coefficient (Wildman–Crippen LogP) is 6.05. The lowest BCUT2D eigenvalue weighted by Gasteiger charge is -2.17. The highest BCUT2D eigenvalue weighted by molar-refractivity contribution is 7.99. The molecular formula is C49H56N12O9S2. The van der Waals surface area contributed by atoms with E-state index in [4.69, 9.17) is 23.9 Å². The maximum atomic E-state index is 12.2. The van der Waals surface area contributed by atoms with E-state index in [2.05, 4.69) is 40.2 Å². The molecule has 0 saturated heterocycles. The van der Waals surface area contributed by atoms with Crippen molar-refractivity contribution >= 4 is 39.5 Å². The van der Waals surface area contributed by atoms with Gasteiger partial charge in [0.25, 0.3) is 0 Å². The Bertz CT molecular complexity index is 3280. The SMILES string of the molecule is C.CCOC(=O)c1nn(C)c2c1CCc1cnc(OCC)nc1-2.CCOC(=O)c1nn(C)c2c1CCc1cnc(S(C)(=O)=O)nc1-2.CCOC(=O)c1nn(C)c2c1CCc1cnc(Sc3ccccc3)nc1-2. The molecule has 21 nitrogen and oxygen atoms in total. The van der Waals surface area contributed by atoms with E-state index < -0.39 is 15.8 Å². The highest BCUT2D eigenvalue weighted by Crippen LogP contribution is 2.38. The number of hydrogen-bond acceptors (Lipinski definition) is 19. The normalized spacial score (nSPS) is 12.6. The first kappa shape index (κ1) is 52.4. The summed E-state index contributed by atoms with van der Waals surface area (Å²) in [7, 11) is 1.82. The van der Waals surface area contributed by atoms with Crippen LogP contribution in [0.4, 0.5) is 0 Å². The van der Waals surface area contributed by atoms with Crippen LogP contribution >= 0.6 is 11.8 Å². The van der Waals surface area contributed by atoms with Gasteiger partial charge < -0.3 is 18.9 Å². The molecule has 6 heterocycles. The van der Waals surface area contributed by atoms with E-state index in [0.29, 0.717) is 66.6 Å². The molecule has 0 bridgehead atoms. The van der Waals surface area contributed by atoms with E-state index in [9.17, 15) is 22.8 Å². The third-order valence-electron chi connectivity index (χ3n) is 11.5. The lowest BCUT2D eigenvalue weighted by atomic mass is 9.93. The largest absolute Gasteiger partial charge is 0.464 e. The molecule has 378 valence electrons. The Labute approximate surface area is 421 Å². The second-order valence-corrected chi connectivity index (χ2v) is 19.2. The van der Waals surface area contributed by atoms with Crippen LogP contribution in [-0.2, 0) is 83.7 Å². The minimum absolute atomic E-state index is 0. The molecule has 10 rings (SSSR count). The van der Waals surface area contributed by atoms with E-state index in [0.717, 1.165) is 93.0 Å². The zero-order valence-electron chi connectivity index (χ0n) is 40.5. The summed E-state index contributed by atoms with van der Waals surface area (Å²) in [6.45, 7) is 8.63. The van der Waals surface area contributed by atoms with Crippen molar-refractivity contribution < 1.29 is 41.7 Å². The Balaban J connectivity index is 0.000000158. The lowest BCUT2D eigenvalue weighted by molar-refractivity contribution is 0.0508. The van der Waals surface area contributed by atoms with Crippen LogP contribution in [0.15, 0.2) is 64.1 Å². The molecule has 7 aromatic rings. The monoisotopic (exact) mass is 1020 g/mol. The fourth-order valence-electron chi connectivity index (χ4n) is 8.53. The van der Waals surface area contributed by atoms with E-state index >= 15 is 0 Å². The van der Waals surface area contributed by atoms with Crippen molar-refractivity contribution in [2.45, 2.75) is 88.9 Å². The molecular weight excluding hydrogens is 965 g/mol. The molecule has 0 spiro atoms. The molecule has 0 fully saturated rings. The molecule has 3 aliphatic rings. The van der Waals surface area contributed by atoms with Crippen LogP contribution in [0.2, 0.25) is 0 Å². The third kappa shape index (κ3) is 10.8. The first-order valence-electron chi connectivity index (χ1n) is 23.0. The molecule has 0 saturated carbocycles. The number of ether oxygens (including phenoxy) is 4. The van der Waals surface area contributed by atoms with Crippen molar-refractivity contribution in [1.29, 1.82) is 0 Å². The summed E-state index contributed by atoms with van der Waals surface area (Å²) in [5, 5.41) is 13.4. The summed E-state index contributed by atoms with van der Waals surface area (Å²) in [5.41, 5.74) is 11.0. The number of sulfone groups is 1. The molecule has 23 heteroatoms. The number of hydrogen-bond donors (Lipinski definition) is 0. The van der Waals surface area contributed by atoms with Crippen LogP contribution < -0.4 is 4.74 Å². The van der Waals surface area contributed by atoms with Gasteiger partial charge in [-0.25, -0.2) is 47.7 Å².